The molecular formula is C19H32Cl6O2. The maximum atomic E-state index is 11.2. The maximum absolute atomic E-state index is 11.2. The molecule has 0 spiro atoms. The Hall–Kier alpha value is 1.21. The number of halogens is 6. The molecule has 162 valence electrons. The number of aliphatic carboxylic acids is 1. The number of alkyl halides is 6. The van der Waals surface area contributed by atoms with Crippen molar-refractivity contribution in [2.75, 3.05) is 0 Å². The van der Waals surface area contributed by atoms with Crippen molar-refractivity contribution in [2.24, 2.45) is 5.92 Å². The third kappa shape index (κ3) is 8.85. The van der Waals surface area contributed by atoms with Gasteiger partial charge in [-0.1, -0.05) is 154 Å². The van der Waals surface area contributed by atoms with Crippen molar-refractivity contribution in [1.82, 2.24) is 0 Å². The van der Waals surface area contributed by atoms with Crippen molar-refractivity contribution < 1.29 is 9.90 Å². The Morgan fingerprint density at radius 3 is 1.52 bits per heavy atom. The van der Waals surface area contributed by atoms with Crippen LogP contribution in [0.5, 0.6) is 0 Å². The van der Waals surface area contributed by atoms with Crippen LogP contribution >= 0.6 is 69.6 Å². The van der Waals surface area contributed by atoms with Gasteiger partial charge in [-0.25, -0.2) is 4.79 Å². The van der Waals surface area contributed by atoms with E-state index in [1.54, 1.807) is 6.92 Å². The quantitative estimate of drug-likeness (QED) is 0.168. The van der Waals surface area contributed by atoms with Crippen LogP contribution in [0.1, 0.15) is 90.9 Å². The molecule has 0 aromatic carbocycles. The second-order valence-corrected chi connectivity index (χ2v) is 11.3. The van der Waals surface area contributed by atoms with Gasteiger partial charge in [-0.15, -0.1) is 0 Å². The summed E-state index contributed by atoms with van der Waals surface area (Å²) < 4.78 is -6.60. The molecule has 0 heterocycles. The fourth-order valence-electron chi connectivity index (χ4n) is 2.95. The summed E-state index contributed by atoms with van der Waals surface area (Å²) in [5, 5.41) is 9.15. The van der Waals surface area contributed by atoms with Crippen LogP contribution in [-0.4, -0.2) is 24.1 Å². The molecule has 0 saturated carbocycles. The highest BCUT2D eigenvalue weighted by Crippen LogP contribution is 2.58. The highest BCUT2D eigenvalue weighted by Gasteiger charge is 2.65. The van der Waals surface area contributed by atoms with Crippen LogP contribution in [0.15, 0.2) is 0 Å². The van der Waals surface area contributed by atoms with Crippen molar-refractivity contribution in [3.05, 3.63) is 0 Å². The normalized spacial score (nSPS) is 14.4. The first-order valence-electron chi connectivity index (χ1n) is 9.79. The van der Waals surface area contributed by atoms with Crippen molar-refractivity contribution in [2.45, 2.75) is 104 Å². The molecule has 0 aromatic heterocycles. The predicted octanol–water partition coefficient (Wildman–Crippen LogP) is 8.93. The topological polar surface area (TPSA) is 37.3 Å². The molecule has 0 saturated heterocycles. The van der Waals surface area contributed by atoms with E-state index in [-0.39, 0.29) is 5.92 Å². The number of carbonyl (C=O) groups is 1. The molecule has 2 nitrogen and oxygen atoms in total. The largest absolute Gasteiger partial charge is 0.479 e. The number of carboxylic acid groups (broad SMARTS) is 1. The van der Waals surface area contributed by atoms with E-state index in [1.165, 1.54) is 51.4 Å². The van der Waals surface area contributed by atoms with Gasteiger partial charge in [-0.3, -0.25) is 0 Å². The minimum absolute atomic E-state index is 0.384. The van der Waals surface area contributed by atoms with Gasteiger partial charge >= 0.3 is 5.97 Å². The fraction of sp³-hybridized carbons (Fsp3) is 0.947. The molecule has 1 atom stereocenters. The lowest BCUT2D eigenvalue weighted by Gasteiger charge is -2.42. The molecule has 0 radical (unpaired) electrons. The van der Waals surface area contributed by atoms with E-state index in [9.17, 15) is 4.79 Å². The van der Waals surface area contributed by atoms with E-state index in [0.717, 1.165) is 19.3 Å². The monoisotopic (exact) mass is 502 g/mol. The van der Waals surface area contributed by atoms with Crippen LogP contribution < -0.4 is 0 Å². The Balaban J connectivity index is 4.13. The Kier molecular flexibility index (Phi) is 14.1. The first kappa shape index (κ1) is 28.2. The molecule has 1 N–H and O–H groups in total. The summed E-state index contributed by atoms with van der Waals surface area (Å²) in [5.41, 5.74) is 0. The Morgan fingerprint density at radius 2 is 1.15 bits per heavy atom. The average molecular weight is 505 g/mol. The van der Waals surface area contributed by atoms with Gasteiger partial charge in [0.15, 0.2) is 8.67 Å². The van der Waals surface area contributed by atoms with Crippen LogP contribution in [-0.2, 0) is 4.79 Å². The summed E-state index contributed by atoms with van der Waals surface area (Å²) in [5.74, 6) is -1.98. The molecule has 0 aromatic rings. The van der Waals surface area contributed by atoms with Crippen molar-refractivity contribution >= 4 is 75.6 Å². The lowest BCUT2D eigenvalue weighted by Crippen LogP contribution is -2.56. The minimum Gasteiger partial charge on any atom is -0.479 e. The molecule has 0 fully saturated rings. The third-order valence-corrected chi connectivity index (χ3v) is 9.08. The first-order valence-corrected chi connectivity index (χ1v) is 12.1. The van der Waals surface area contributed by atoms with Crippen molar-refractivity contribution in [3.8, 4) is 0 Å². The van der Waals surface area contributed by atoms with Crippen molar-refractivity contribution in [3.63, 3.8) is 0 Å². The Morgan fingerprint density at radius 1 is 0.778 bits per heavy atom. The molecule has 0 bridgehead atoms. The van der Waals surface area contributed by atoms with E-state index in [0.29, 0.717) is 6.42 Å². The van der Waals surface area contributed by atoms with Gasteiger partial charge in [-0.05, 0) is 12.3 Å². The standard InChI is InChI=1S/C19H32Cl6O2/c1-3-4-5-6-7-8-9-10-11-12-13-14-15(2)17(20,21)19(24,25)18(22,23)16(26)27/h15H,3-14H2,1-2H3,(H,26,27). The third-order valence-electron chi connectivity index (χ3n) is 4.94. The van der Waals surface area contributed by atoms with E-state index >= 15 is 0 Å². The van der Waals surface area contributed by atoms with Crippen LogP contribution in [0, 0.1) is 5.92 Å². The average Bonchev–Trinajstić information content (AvgIpc) is 2.58. The van der Waals surface area contributed by atoms with Crippen molar-refractivity contribution in [1.29, 1.82) is 0 Å². The van der Waals surface area contributed by atoms with Gasteiger partial charge in [0.2, 0.25) is 4.33 Å². The molecule has 1 unspecified atom stereocenters. The van der Waals surface area contributed by atoms with Crippen LogP contribution in [0.4, 0.5) is 0 Å². The van der Waals surface area contributed by atoms with Gasteiger partial charge in [0.25, 0.3) is 0 Å². The van der Waals surface area contributed by atoms with Crippen LogP contribution in [0.3, 0.4) is 0 Å². The highest BCUT2D eigenvalue weighted by atomic mass is 35.5. The first-order chi connectivity index (χ1) is 12.4. The minimum atomic E-state index is -2.52. The number of hydrogen-bond acceptors (Lipinski definition) is 1. The number of carboxylic acids is 1. The molecule has 0 rings (SSSR count). The van der Waals surface area contributed by atoms with E-state index < -0.39 is 19.0 Å². The molecule has 8 heteroatoms. The predicted molar refractivity (Wildman–Crippen MR) is 121 cm³/mol. The molecule has 0 amide bonds. The second-order valence-electron chi connectivity index (χ2n) is 7.30. The van der Waals surface area contributed by atoms with Crippen LogP contribution in [0.2, 0.25) is 0 Å². The summed E-state index contributed by atoms with van der Waals surface area (Å²) >= 11 is 36.4. The van der Waals surface area contributed by atoms with Gasteiger partial charge < -0.3 is 5.11 Å². The molecule has 0 aliphatic rings. The molecule has 27 heavy (non-hydrogen) atoms. The van der Waals surface area contributed by atoms with E-state index in [4.69, 9.17) is 74.7 Å². The number of unbranched alkanes of at least 4 members (excludes halogenated alkanes) is 10. The summed E-state index contributed by atoms with van der Waals surface area (Å²) in [6, 6.07) is 0. The van der Waals surface area contributed by atoms with Crippen LogP contribution in [0.25, 0.3) is 0 Å². The lowest BCUT2D eigenvalue weighted by atomic mass is 9.94. The summed E-state index contributed by atoms with van der Waals surface area (Å²) in [6.07, 6.45) is 14.2. The maximum Gasteiger partial charge on any atom is 0.343 e. The lowest BCUT2D eigenvalue weighted by molar-refractivity contribution is -0.138. The SMILES string of the molecule is CCCCCCCCCCCCCC(C)C(Cl)(Cl)C(Cl)(Cl)C(Cl)(Cl)C(=O)O. The van der Waals surface area contributed by atoms with Gasteiger partial charge in [0.05, 0.1) is 0 Å². The zero-order chi connectivity index (χ0) is 21.1. The second kappa shape index (κ2) is 13.5. The zero-order valence-corrected chi connectivity index (χ0v) is 20.7. The zero-order valence-electron chi connectivity index (χ0n) is 16.2. The highest BCUT2D eigenvalue weighted by molar-refractivity contribution is 6.73. The van der Waals surface area contributed by atoms with Gasteiger partial charge in [-0.2, -0.15) is 0 Å². The smallest absolute Gasteiger partial charge is 0.343 e. The molecule has 0 aliphatic carbocycles. The Labute approximate surface area is 194 Å². The Bertz CT molecular complexity index is 426. The number of rotatable bonds is 16. The van der Waals surface area contributed by atoms with E-state index in [2.05, 4.69) is 6.92 Å². The van der Waals surface area contributed by atoms with Gasteiger partial charge in [0, 0.05) is 0 Å². The van der Waals surface area contributed by atoms with Gasteiger partial charge in [0.1, 0.15) is 0 Å². The number of hydrogen-bond donors (Lipinski definition) is 1. The summed E-state index contributed by atoms with van der Waals surface area (Å²) in [4.78, 5) is 11.2. The summed E-state index contributed by atoms with van der Waals surface area (Å²) in [6.45, 7) is 4.00. The summed E-state index contributed by atoms with van der Waals surface area (Å²) in [7, 11) is 0. The fourth-order valence-corrected chi connectivity index (χ4v) is 4.48. The molecule has 0 aliphatic heterocycles. The van der Waals surface area contributed by atoms with E-state index in [1.807, 2.05) is 0 Å². The molecular weight excluding hydrogens is 473 g/mol.